The van der Waals surface area contributed by atoms with Gasteiger partial charge in [0, 0.05) is 16.6 Å². The van der Waals surface area contributed by atoms with E-state index in [0.29, 0.717) is 15.9 Å². The summed E-state index contributed by atoms with van der Waals surface area (Å²) in [6.07, 6.45) is 3.30. The van der Waals surface area contributed by atoms with Crippen molar-refractivity contribution < 1.29 is 5.11 Å². The van der Waals surface area contributed by atoms with E-state index >= 15 is 0 Å². The zero-order valence-corrected chi connectivity index (χ0v) is 11.7. The van der Waals surface area contributed by atoms with Gasteiger partial charge in [0.25, 0.3) is 5.56 Å². The average molecular weight is 290 g/mol. The topological polar surface area (TPSA) is 70.9 Å². The summed E-state index contributed by atoms with van der Waals surface area (Å²) in [5, 5.41) is 15.5. The molecule has 0 aliphatic rings. The van der Waals surface area contributed by atoms with Crippen LogP contribution in [0.1, 0.15) is 11.1 Å². The molecule has 3 rings (SSSR count). The first-order valence-electron chi connectivity index (χ1n) is 6.04. The number of aromatic hydroxyl groups is 1. The van der Waals surface area contributed by atoms with Gasteiger partial charge in [-0.25, -0.2) is 4.68 Å². The SMILES string of the molecule is Cc1cnn(-c2c(O)c3cc(C)c(Cl)cc3[nH]c2=O)c1. The van der Waals surface area contributed by atoms with E-state index in [1.54, 1.807) is 24.5 Å². The van der Waals surface area contributed by atoms with Crippen LogP contribution in [0.2, 0.25) is 5.02 Å². The molecule has 1 aromatic carbocycles. The molecule has 0 fully saturated rings. The fourth-order valence-corrected chi connectivity index (χ4v) is 2.31. The normalized spacial score (nSPS) is 11.2. The molecule has 102 valence electrons. The number of hydrogen-bond donors (Lipinski definition) is 2. The number of aromatic nitrogens is 3. The lowest BCUT2D eigenvalue weighted by atomic mass is 10.1. The maximum atomic E-state index is 12.1. The van der Waals surface area contributed by atoms with Gasteiger partial charge in [0.1, 0.15) is 0 Å². The Morgan fingerprint density at radius 2 is 2.10 bits per heavy atom. The molecule has 0 saturated carbocycles. The highest BCUT2D eigenvalue weighted by molar-refractivity contribution is 6.32. The minimum absolute atomic E-state index is 0.104. The van der Waals surface area contributed by atoms with E-state index in [1.165, 1.54) is 4.68 Å². The third kappa shape index (κ3) is 1.87. The van der Waals surface area contributed by atoms with Gasteiger partial charge in [0.2, 0.25) is 0 Å². The molecule has 20 heavy (non-hydrogen) atoms. The van der Waals surface area contributed by atoms with Gasteiger partial charge < -0.3 is 10.1 Å². The monoisotopic (exact) mass is 289 g/mol. The first-order chi connectivity index (χ1) is 9.47. The van der Waals surface area contributed by atoms with Gasteiger partial charge in [-0.2, -0.15) is 5.10 Å². The van der Waals surface area contributed by atoms with Crippen LogP contribution in [0.15, 0.2) is 29.3 Å². The van der Waals surface area contributed by atoms with Crippen molar-refractivity contribution in [1.29, 1.82) is 0 Å². The summed E-state index contributed by atoms with van der Waals surface area (Å²) in [7, 11) is 0. The maximum absolute atomic E-state index is 12.1. The number of nitrogens with zero attached hydrogens (tertiary/aromatic N) is 2. The van der Waals surface area contributed by atoms with Crippen molar-refractivity contribution in [3.8, 4) is 11.4 Å². The number of pyridine rings is 1. The molecular formula is C14H12ClN3O2. The third-order valence-electron chi connectivity index (χ3n) is 3.18. The number of aryl methyl sites for hydroxylation is 2. The Kier molecular flexibility index (Phi) is 2.79. The van der Waals surface area contributed by atoms with Crippen molar-refractivity contribution in [3.05, 3.63) is 51.0 Å². The van der Waals surface area contributed by atoms with E-state index < -0.39 is 5.56 Å². The summed E-state index contributed by atoms with van der Waals surface area (Å²) < 4.78 is 1.37. The fraction of sp³-hybridized carbons (Fsp3) is 0.143. The number of halogens is 1. The lowest BCUT2D eigenvalue weighted by Crippen LogP contribution is -2.15. The second-order valence-electron chi connectivity index (χ2n) is 4.76. The molecule has 2 N–H and O–H groups in total. The molecule has 3 aromatic rings. The Morgan fingerprint density at radius 3 is 2.75 bits per heavy atom. The molecule has 0 bridgehead atoms. The van der Waals surface area contributed by atoms with Gasteiger partial charge in [0.15, 0.2) is 11.4 Å². The minimum atomic E-state index is -0.419. The number of nitrogens with one attached hydrogen (secondary N) is 1. The molecule has 2 aromatic heterocycles. The van der Waals surface area contributed by atoms with E-state index in [1.807, 2.05) is 13.8 Å². The highest BCUT2D eigenvalue weighted by Gasteiger charge is 2.15. The molecule has 5 nitrogen and oxygen atoms in total. The van der Waals surface area contributed by atoms with Crippen LogP contribution in [-0.4, -0.2) is 19.9 Å². The van der Waals surface area contributed by atoms with Gasteiger partial charge in [0.05, 0.1) is 11.7 Å². The van der Waals surface area contributed by atoms with Gasteiger partial charge in [-0.3, -0.25) is 4.79 Å². The number of benzene rings is 1. The standard InChI is InChI=1S/C14H12ClN3O2/c1-7-5-16-18(6-7)12-13(19)9-3-8(2)10(15)4-11(9)17-14(12)20/h3-6H,1-2H3,(H2,17,19,20). The van der Waals surface area contributed by atoms with Gasteiger partial charge in [-0.1, -0.05) is 11.6 Å². The summed E-state index contributed by atoms with van der Waals surface area (Å²) >= 11 is 6.03. The van der Waals surface area contributed by atoms with Crippen LogP contribution in [0.25, 0.3) is 16.6 Å². The summed E-state index contributed by atoms with van der Waals surface area (Å²) in [5.41, 5.74) is 1.90. The number of aromatic amines is 1. The first kappa shape index (κ1) is 12.7. The molecule has 0 atom stereocenters. The van der Waals surface area contributed by atoms with Crippen LogP contribution in [0, 0.1) is 13.8 Å². The van der Waals surface area contributed by atoms with Gasteiger partial charge >= 0.3 is 0 Å². The van der Waals surface area contributed by atoms with E-state index in [4.69, 9.17) is 11.6 Å². The zero-order chi connectivity index (χ0) is 14.4. The molecule has 0 radical (unpaired) electrons. The Morgan fingerprint density at radius 1 is 1.35 bits per heavy atom. The summed E-state index contributed by atoms with van der Waals surface area (Å²) in [6.45, 7) is 3.70. The number of fused-ring (bicyclic) bond motifs is 1. The van der Waals surface area contributed by atoms with Gasteiger partial charge in [-0.15, -0.1) is 0 Å². The lowest BCUT2D eigenvalue weighted by Gasteiger charge is -2.09. The molecule has 6 heteroatoms. The Hall–Kier alpha value is -2.27. The lowest BCUT2D eigenvalue weighted by molar-refractivity contribution is 0.475. The summed E-state index contributed by atoms with van der Waals surface area (Å²) in [6, 6.07) is 3.37. The molecule has 2 heterocycles. The Bertz CT molecular complexity index is 880. The third-order valence-corrected chi connectivity index (χ3v) is 3.59. The van der Waals surface area contributed by atoms with Crippen molar-refractivity contribution in [1.82, 2.24) is 14.8 Å². The first-order valence-corrected chi connectivity index (χ1v) is 6.42. The van der Waals surface area contributed by atoms with E-state index in [9.17, 15) is 9.90 Å². The zero-order valence-electron chi connectivity index (χ0n) is 10.9. The van der Waals surface area contributed by atoms with Crippen molar-refractivity contribution >= 4 is 22.5 Å². The minimum Gasteiger partial charge on any atom is -0.505 e. The van der Waals surface area contributed by atoms with Crippen LogP contribution in [0.4, 0.5) is 0 Å². The molecule has 0 saturated heterocycles. The molecule has 0 spiro atoms. The second-order valence-corrected chi connectivity index (χ2v) is 5.17. The van der Waals surface area contributed by atoms with Gasteiger partial charge in [-0.05, 0) is 37.1 Å². The van der Waals surface area contributed by atoms with Crippen LogP contribution in [0.5, 0.6) is 5.75 Å². The van der Waals surface area contributed by atoms with Crippen LogP contribution < -0.4 is 5.56 Å². The smallest absolute Gasteiger partial charge is 0.278 e. The molecule has 0 unspecified atom stereocenters. The van der Waals surface area contributed by atoms with Crippen LogP contribution in [-0.2, 0) is 0 Å². The summed E-state index contributed by atoms with van der Waals surface area (Å²) in [4.78, 5) is 14.9. The van der Waals surface area contributed by atoms with E-state index in [-0.39, 0.29) is 11.4 Å². The molecule has 0 amide bonds. The Labute approximate surface area is 119 Å². The predicted octanol–water partition coefficient (Wildman–Crippen LogP) is 2.69. The van der Waals surface area contributed by atoms with Crippen molar-refractivity contribution in [2.24, 2.45) is 0 Å². The van der Waals surface area contributed by atoms with Crippen molar-refractivity contribution in [2.45, 2.75) is 13.8 Å². The quantitative estimate of drug-likeness (QED) is 0.723. The van der Waals surface area contributed by atoms with E-state index in [2.05, 4.69) is 10.1 Å². The molecule has 0 aliphatic carbocycles. The molecular weight excluding hydrogens is 278 g/mol. The molecule has 0 aliphatic heterocycles. The van der Waals surface area contributed by atoms with Crippen molar-refractivity contribution in [3.63, 3.8) is 0 Å². The average Bonchev–Trinajstić information content (AvgIpc) is 2.79. The summed E-state index contributed by atoms with van der Waals surface area (Å²) in [5.74, 6) is -0.105. The van der Waals surface area contributed by atoms with Crippen molar-refractivity contribution in [2.75, 3.05) is 0 Å². The van der Waals surface area contributed by atoms with Crippen LogP contribution >= 0.6 is 11.6 Å². The highest BCUT2D eigenvalue weighted by Crippen LogP contribution is 2.30. The highest BCUT2D eigenvalue weighted by atomic mass is 35.5. The van der Waals surface area contributed by atoms with Crippen LogP contribution in [0.3, 0.4) is 0 Å². The Balaban J connectivity index is 2.40. The number of hydrogen-bond acceptors (Lipinski definition) is 3. The largest absolute Gasteiger partial charge is 0.505 e. The second kappa shape index (κ2) is 4.38. The number of H-pyrrole nitrogens is 1. The maximum Gasteiger partial charge on any atom is 0.278 e. The van der Waals surface area contributed by atoms with E-state index in [0.717, 1.165) is 11.1 Å². The predicted molar refractivity (Wildman–Crippen MR) is 77.8 cm³/mol. The fourth-order valence-electron chi connectivity index (χ4n) is 2.15. The number of rotatable bonds is 1.